The van der Waals surface area contributed by atoms with Gasteiger partial charge in [-0.15, -0.1) is 0 Å². The van der Waals surface area contributed by atoms with Gasteiger partial charge in [0, 0.05) is 71.7 Å². The molecule has 3 heterocycles. The van der Waals surface area contributed by atoms with E-state index in [-0.39, 0.29) is 5.56 Å². The van der Waals surface area contributed by atoms with Gasteiger partial charge in [0.1, 0.15) is 0 Å². The molecule has 1 saturated heterocycles. The number of hydrogen-bond donors (Lipinski definition) is 2. The topological polar surface area (TPSA) is 70.5 Å². The Morgan fingerprint density at radius 1 is 0.947 bits per heavy atom. The lowest BCUT2D eigenvalue weighted by Gasteiger charge is -2.26. The number of aromatic nitrogens is 2. The number of benzene rings is 3. The zero-order valence-electron chi connectivity index (χ0n) is 21.1. The third-order valence-electron chi connectivity index (χ3n) is 7.23. The molecule has 0 aliphatic carbocycles. The number of aromatic carboxylic acids is 1. The highest BCUT2D eigenvalue weighted by Crippen LogP contribution is 2.30. The summed E-state index contributed by atoms with van der Waals surface area (Å²) >= 11 is 0. The fraction of sp³-hybridized carbons (Fsp3) is 0.219. The first-order valence-corrected chi connectivity index (χ1v) is 13.0. The van der Waals surface area contributed by atoms with Gasteiger partial charge in [0.2, 0.25) is 0 Å². The van der Waals surface area contributed by atoms with E-state index in [2.05, 4.69) is 50.7 Å². The first-order valence-electron chi connectivity index (χ1n) is 13.0. The summed E-state index contributed by atoms with van der Waals surface area (Å²) in [6, 6.07) is 21.6. The molecule has 6 rings (SSSR count). The lowest BCUT2D eigenvalue weighted by molar-refractivity contribution is 0.0369. The molecule has 3 aromatic carbocycles. The summed E-state index contributed by atoms with van der Waals surface area (Å²) in [5.74, 6) is 5.57. The van der Waals surface area contributed by atoms with Crippen LogP contribution < -0.4 is 0 Å². The van der Waals surface area contributed by atoms with Gasteiger partial charge < -0.3 is 19.4 Å². The molecule has 0 saturated carbocycles. The molecule has 0 radical (unpaired) electrons. The maximum Gasteiger partial charge on any atom is 0.336 e. The summed E-state index contributed by atoms with van der Waals surface area (Å²) in [5, 5.41) is 12.1. The van der Waals surface area contributed by atoms with Gasteiger partial charge in [-0.05, 0) is 65.9 Å². The summed E-state index contributed by atoms with van der Waals surface area (Å²) in [4.78, 5) is 17.8. The number of carbonyl (C=O) groups is 1. The number of hydrogen-bond acceptors (Lipinski definition) is 3. The quantitative estimate of drug-likeness (QED) is 0.296. The second kappa shape index (κ2) is 10.6. The third kappa shape index (κ3) is 4.95. The molecule has 0 spiro atoms. The fourth-order valence-corrected chi connectivity index (χ4v) is 5.25. The van der Waals surface area contributed by atoms with Crippen LogP contribution in [0.15, 0.2) is 79.1 Å². The van der Waals surface area contributed by atoms with Crippen molar-refractivity contribution in [1.29, 1.82) is 0 Å². The Hall–Kier alpha value is -4.31. The average Bonchev–Trinajstić information content (AvgIpc) is 3.58. The molecule has 190 valence electrons. The smallest absolute Gasteiger partial charge is 0.336 e. The number of aromatic amines is 1. The Balaban J connectivity index is 1.26. The third-order valence-corrected chi connectivity index (χ3v) is 7.23. The first-order chi connectivity index (χ1) is 18.7. The average molecular weight is 504 g/mol. The molecule has 38 heavy (non-hydrogen) atoms. The minimum atomic E-state index is -0.966. The molecular weight excluding hydrogens is 474 g/mol. The van der Waals surface area contributed by atoms with E-state index in [4.69, 9.17) is 4.74 Å². The van der Waals surface area contributed by atoms with E-state index in [1.165, 1.54) is 5.52 Å². The van der Waals surface area contributed by atoms with Crippen molar-refractivity contribution in [2.45, 2.75) is 13.0 Å². The van der Waals surface area contributed by atoms with Crippen molar-refractivity contribution >= 4 is 27.8 Å². The number of ether oxygens (including phenoxy) is 1. The summed E-state index contributed by atoms with van der Waals surface area (Å²) in [7, 11) is 0. The van der Waals surface area contributed by atoms with Gasteiger partial charge in [-0.2, -0.15) is 0 Å². The molecule has 5 aromatic rings. The molecule has 0 atom stereocenters. The van der Waals surface area contributed by atoms with Crippen LogP contribution in [0.1, 0.15) is 27.9 Å². The number of aryl methyl sites for hydroxylation is 1. The van der Waals surface area contributed by atoms with Crippen LogP contribution in [0.3, 0.4) is 0 Å². The van der Waals surface area contributed by atoms with E-state index >= 15 is 0 Å². The molecule has 1 aliphatic heterocycles. The molecule has 0 unspecified atom stereocenters. The maximum absolute atomic E-state index is 12.1. The summed E-state index contributed by atoms with van der Waals surface area (Å²) < 4.78 is 7.74. The van der Waals surface area contributed by atoms with Crippen molar-refractivity contribution < 1.29 is 14.6 Å². The second-order valence-corrected chi connectivity index (χ2v) is 9.65. The highest BCUT2D eigenvalue weighted by atomic mass is 16.5. The van der Waals surface area contributed by atoms with Crippen molar-refractivity contribution in [2.24, 2.45) is 0 Å². The maximum atomic E-state index is 12.1. The van der Waals surface area contributed by atoms with Gasteiger partial charge in [0.15, 0.2) is 0 Å². The van der Waals surface area contributed by atoms with E-state index in [0.29, 0.717) is 11.1 Å². The Labute approximate surface area is 221 Å². The van der Waals surface area contributed by atoms with Gasteiger partial charge in [0.05, 0.1) is 18.8 Å². The number of nitrogens with zero attached hydrogens (tertiary/aromatic N) is 2. The van der Waals surface area contributed by atoms with Crippen LogP contribution in [0.25, 0.3) is 32.9 Å². The largest absolute Gasteiger partial charge is 0.478 e. The van der Waals surface area contributed by atoms with Crippen molar-refractivity contribution in [3.8, 4) is 23.0 Å². The minimum absolute atomic E-state index is 0.243. The van der Waals surface area contributed by atoms with Crippen LogP contribution in [0.2, 0.25) is 0 Å². The number of morpholine rings is 1. The number of carboxylic acid groups (broad SMARTS) is 1. The number of H-pyrrole nitrogens is 1. The van der Waals surface area contributed by atoms with Gasteiger partial charge in [0.25, 0.3) is 0 Å². The normalized spacial score (nSPS) is 14.0. The number of carboxylic acids is 1. The minimum Gasteiger partial charge on any atom is -0.478 e. The van der Waals surface area contributed by atoms with Gasteiger partial charge in [-0.3, -0.25) is 4.90 Å². The van der Waals surface area contributed by atoms with Crippen molar-refractivity contribution in [3.63, 3.8) is 0 Å². The van der Waals surface area contributed by atoms with Crippen molar-refractivity contribution in [1.82, 2.24) is 14.5 Å². The van der Waals surface area contributed by atoms with E-state index < -0.39 is 5.97 Å². The Morgan fingerprint density at radius 3 is 2.71 bits per heavy atom. The molecule has 2 aromatic heterocycles. The molecule has 0 bridgehead atoms. The Morgan fingerprint density at radius 2 is 1.84 bits per heavy atom. The van der Waals surface area contributed by atoms with Gasteiger partial charge in [-0.25, -0.2) is 4.79 Å². The fourth-order valence-electron chi connectivity index (χ4n) is 5.25. The molecular formula is C32H29N3O3. The first kappa shape index (κ1) is 24.1. The molecule has 1 fully saturated rings. The van der Waals surface area contributed by atoms with Crippen LogP contribution in [-0.2, 0) is 11.3 Å². The van der Waals surface area contributed by atoms with Crippen molar-refractivity contribution in [2.75, 3.05) is 32.8 Å². The second-order valence-electron chi connectivity index (χ2n) is 9.65. The zero-order chi connectivity index (χ0) is 25.9. The van der Waals surface area contributed by atoms with Crippen molar-refractivity contribution in [3.05, 3.63) is 95.8 Å². The van der Waals surface area contributed by atoms with E-state index in [1.807, 2.05) is 42.6 Å². The van der Waals surface area contributed by atoms with E-state index in [9.17, 15) is 9.90 Å². The molecule has 6 heteroatoms. The number of rotatable bonds is 6. The van der Waals surface area contributed by atoms with Crippen LogP contribution in [0.5, 0.6) is 0 Å². The lowest BCUT2D eigenvalue weighted by Crippen LogP contribution is -2.37. The highest BCUT2D eigenvalue weighted by Gasteiger charge is 2.16. The molecule has 2 N–H and O–H groups in total. The van der Waals surface area contributed by atoms with Crippen LogP contribution in [-0.4, -0.2) is 58.4 Å². The van der Waals surface area contributed by atoms with Gasteiger partial charge >= 0.3 is 5.97 Å². The highest BCUT2D eigenvalue weighted by molar-refractivity contribution is 5.99. The van der Waals surface area contributed by atoms with Gasteiger partial charge in [-0.1, -0.05) is 30.0 Å². The van der Waals surface area contributed by atoms with Crippen LogP contribution >= 0.6 is 0 Å². The molecule has 1 aliphatic rings. The Bertz CT molecular complexity index is 1680. The van der Waals surface area contributed by atoms with E-state index in [1.54, 1.807) is 12.1 Å². The monoisotopic (exact) mass is 503 g/mol. The summed E-state index contributed by atoms with van der Waals surface area (Å²) in [6.07, 6.45) is 5.13. The zero-order valence-corrected chi connectivity index (χ0v) is 21.1. The number of fused-ring (bicyclic) bond motifs is 2. The number of nitrogens with one attached hydrogen (secondary N) is 1. The Kier molecular flexibility index (Phi) is 6.70. The summed E-state index contributed by atoms with van der Waals surface area (Å²) in [5.41, 5.74) is 5.45. The molecule has 6 nitrogen and oxygen atoms in total. The SMILES string of the molecule is O=C(O)c1cccc(C#Cc2ccc3c(ccn3CCCN3CCOCC3)c2)c1-c1ccc2cc[nH]c2c1. The summed E-state index contributed by atoms with van der Waals surface area (Å²) in [6.45, 7) is 5.77. The molecule has 0 amide bonds. The van der Waals surface area contributed by atoms with E-state index in [0.717, 1.165) is 73.2 Å². The standard InChI is InChI=1S/C32H29N3O3/c36-32(37)28-4-1-3-25(31(28)27-9-8-24-11-13-33-29(24)22-27)7-5-23-6-10-30-26(21-23)12-16-35(30)15-2-14-34-17-19-38-20-18-34/h1,3-4,6,8-13,16,21-22,33H,2,14-15,17-20H2,(H,36,37). The predicted molar refractivity (Wildman–Crippen MR) is 150 cm³/mol. The van der Waals surface area contributed by atoms with Crippen LogP contribution in [0.4, 0.5) is 0 Å². The lowest BCUT2D eigenvalue weighted by atomic mass is 9.93. The predicted octanol–water partition coefficient (Wildman–Crippen LogP) is 5.61. The van der Waals surface area contributed by atoms with Crippen LogP contribution in [0, 0.1) is 11.8 Å².